The molecule has 1 aromatic carbocycles. The lowest BCUT2D eigenvalue weighted by Crippen LogP contribution is -2.42. The molecule has 2 rings (SSSR count). The Morgan fingerprint density at radius 3 is 2.32 bits per heavy atom. The van der Waals surface area contributed by atoms with Crippen LogP contribution in [0.25, 0.3) is 0 Å². The normalized spacial score (nSPS) is 12.4. The Balaban J connectivity index is 2.18. The second kappa shape index (κ2) is 8.48. The smallest absolute Gasteiger partial charge is 0.309 e. The summed E-state index contributed by atoms with van der Waals surface area (Å²) in [7, 11) is -3.80. The summed E-state index contributed by atoms with van der Waals surface area (Å²) in [5.41, 5.74) is 0. The van der Waals surface area contributed by atoms with E-state index in [0.29, 0.717) is 13.0 Å². The van der Waals surface area contributed by atoms with Gasteiger partial charge < -0.3 is 15.1 Å². The molecule has 0 spiro atoms. The highest BCUT2D eigenvalue weighted by Crippen LogP contribution is 2.28. The number of furan rings is 1. The lowest BCUT2D eigenvalue weighted by molar-refractivity contribution is -0.139. The molecule has 2 amide bonds. The molecule has 2 N–H and O–H groups in total. The molecule has 0 bridgehead atoms. The van der Waals surface area contributed by atoms with Crippen LogP contribution in [-0.4, -0.2) is 33.3 Å². The SMILES string of the molecule is CCCNC(=O)C(=O)NC[C@@H](c1ccco1)S(=O)(=O)c1ccccc1. The van der Waals surface area contributed by atoms with Crippen LogP contribution in [0.4, 0.5) is 0 Å². The van der Waals surface area contributed by atoms with Crippen LogP contribution in [0.2, 0.25) is 0 Å². The fraction of sp³-hybridized carbons (Fsp3) is 0.294. The van der Waals surface area contributed by atoms with Crippen molar-refractivity contribution in [2.75, 3.05) is 13.1 Å². The van der Waals surface area contributed by atoms with Crippen molar-refractivity contribution >= 4 is 21.7 Å². The van der Waals surface area contributed by atoms with Gasteiger partial charge in [0.1, 0.15) is 11.0 Å². The van der Waals surface area contributed by atoms with Gasteiger partial charge in [-0.05, 0) is 30.7 Å². The number of carbonyl (C=O) groups is 2. The zero-order chi connectivity index (χ0) is 18.3. The molecule has 7 nitrogen and oxygen atoms in total. The maximum absolute atomic E-state index is 12.9. The van der Waals surface area contributed by atoms with Crippen LogP contribution in [0.5, 0.6) is 0 Å². The van der Waals surface area contributed by atoms with E-state index in [0.717, 1.165) is 0 Å². The van der Waals surface area contributed by atoms with Gasteiger partial charge in [0.15, 0.2) is 9.84 Å². The van der Waals surface area contributed by atoms with Crippen molar-refractivity contribution in [3.63, 3.8) is 0 Å². The van der Waals surface area contributed by atoms with Crippen molar-refractivity contribution < 1.29 is 22.4 Å². The van der Waals surface area contributed by atoms with Gasteiger partial charge in [0.25, 0.3) is 0 Å². The molecule has 134 valence electrons. The van der Waals surface area contributed by atoms with Crippen molar-refractivity contribution in [1.82, 2.24) is 10.6 Å². The number of hydrogen-bond acceptors (Lipinski definition) is 5. The number of benzene rings is 1. The fourth-order valence-corrected chi connectivity index (χ4v) is 3.80. The second-order valence-corrected chi connectivity index (χ2v) is 7.46. The number of rotatable bonds is 7. The summed E-state index contributed by atoms with van der Waals surface area (Å²) in [6.07, 6.45) is 2.05. The quantitative estimate of drug-likeness (QED) is 0.723. The van der Waals surface area contributed by atoms with Gasteiger partial charge in [0, 0.05) is 13.1 Å². The third kappa shape index (κ3) is 4.69. The average molecular weight is 364 g/mol. The predicted molar refractivity (Wildman–Crippen MR) is 91.4 cm³/mol. The number of sulfone groups is 1. The molecular weight excluding hydrogens is 344 g/mol. The minimum Gasteiger partial charge on any atom is -0.468 e. The molecule has 0 saturated heterocycles. The van der Waals surface area contributed by atoms with E-state index in [9.17, 15) is 18.0 Å². The van der Waals surface area contributed by atoms with Gasteiger partial charge in [-0.1, -0.05) is 25.1 Å². The molecule has 1 atom stereocenters. The van der Waals surface area contributed by atoms with E-state index >= 15 is 0 Å². The van der Waals surface area contributed by atoms with Crippen molar-refractivity contribution in [3.05, 3.63) is 54.5 Å². The van der Waals surface area contributed by atoms with Gasteiger partial charge >= 0.3 is 11.8 Å². The Labute approximate surface area is 146 Å². The molecule has 0 unspecified atom stereocenters. The van der Waals surface area contributed by atoms with E-state index in [1.807, 2.05) is 6.92 Å². The number of hydrogen-bond donors (Lipinski definition) is 2. The monoisotopic (exact) mass is 364 g/mol. The van der Waals surface area contributed by atoms with Crippen LogP contribution < -0.4 is 10.6 Å². The van der Waals surface area contributed by atoms with Gasteiger partial charge in [-0.25, -0.2) is 8.42 Å². The number of nitrogens with one attached hydrogen (secondary N) is 2. The van der Waals surface area contributed by atoms with Gasteiger partial charge in [-0.15, -0.1) is 0 Å². The van der Waals surface area contributed by atoms with E-state index in [4.69, 9.17) is 4.42 Å². The Morgan fingerprint density at radius 2 is 1.72 bits per heavy atom. The standard InChI is InChI=1S/C17H20N2O5S/c1-2-10-18-16(20)17(21)19-12-15(14-9-6-11-24-14)25(22,23)13-7-4-3-5-8-13/h3-9,11,15H,2,10,12H2,1H3,(H,18,20)(H,19,21)/t15-/m0/s1. The molecule has 8 heteroatoms. The van der Waals surface area contributed by atoms with E-state index in [-0.39, 0.29) is 17.2 Å². The molecule has 1 heterocycles. The maximum atomic E-state index is 12.9. The third-order valence-electron chi connectivity index (χ3n) is 3.50. The lowest BCUT2D eigenvalue weighted by atomic mass is 10.3. The van der Waals surface area contributed by atoms with Crippen LogP contribution in [0.1, 0.15) is 24.4 Å². The first-order valence-corrected chi connectivity index (χ1v) is 9.39. The molecule has 1 aromatic heterocycles. The van der Waals surface area contributed by atoms with Crippen molar-refractivity contribution in [3.8, 4) is 0 Å². The minimum absolute atomic E-state index is 0.112. The van der Waals surface area contributed by atoms with E-state index in [1.165, 1.54) is 24.5 Å². The maximum Gasteiger partial charge on any atom is 0.309 e. The zero-order valence-corrected chi connectivity index (χ0v) is 14.6. The predicted octanol–water partition coefficient (Wildman–Crippen LogP) is 1.44. The molecule has 25 heavy (non-hydrogen) atoms. The van der Waals surface area contributed by atoms with Gasteiger partial charge in [0.2, 0.25) is 0 Å². The van der Waals surface area contributed by atoms with Crippen LogP contribution in [-0.2, 0) is 19.4 Å². The Morgan fingerprint density at radius 1 is 1.04 bits per heavy atom. The van der Waals surface area contributed by atoms with Crippen LogP contribution in [0.3, 0.4) is 0 Å². The minimum atomic E-state index is -3.80. The van der Waals surface area contributed by atoms with Gasteiger partial charge in [-0.2, -0.15) is 0 Å². The first-order chi connectivity index (χ1) is 12.0. The third-order valence-corrected chi connectivity index (χ3v) is 5.57. The van der Waals surface area contributed by atoms with Crippen LogP contribution >= 0.6 is 0 Å². The second-order valence-electron chi connectivity index (χ2n) is 5.33. The van der Waals surface area contributed by atoms with E-state index in [1.54, 1.807) is 24.3 Å². The molecule has 0 aliphatic heterocycles. The van der Waals surface area contributed by atoms with Crippen LogP contribution in [0, 0.1) is 0 Å². The van der Waals surface area contributed by atoms with Crippen molar-refractivity contribution in [2.24, 2.45) is 0 Å². The van der Waals surface area contributed by atoms with Crippen LogP contribution in [0.15, 0.2) is 58.0 Å². The highest BCUT2D eigenvalue weighted by atomic mass is 32.2. The lowest BCUT2D eigenvalue weighted by Gasteiger charge is -2.16. The molecule has 0 radical (unpaired) electrons. The van der Waals surface area contributed by atoms with Gasteiger partial charge in [0.05, 0.1) is 11.2 Å². The zero-order valence-electron chi connectivity index (χ0n) is 13.8. The summed E-state index contributed by atoms with van der Waals surface area (Å²) in [6, 6.07) is 11.0. The highest BCUT2D eigenvalue weighted by molar-refractivity contribution is 7.91. The fourth-order valence-electron chi connectivity index (χ4n) is 2.20. The molecule has 0 saturated carbocycles. The summed E-state index contributed by atoms with van der Waals surface area (Å²) in [5, 5.41) is 3.67. The molecular formula is C17H20N2O5S. The molecule has 0 fully saturated rings. The Kier molecular flexibility index (Phi) is 6.35. The topological polar surface area (TPSA) is 105 Å². The van der Waals surface area contributed by atoms with Crippen molar-refractivity contribution in [2.45, 2.75) is 23.5 Å². The first kappa shape index (κ1) is 18.7. The van der Waals surface area contributed by atoms with Gasteiger partial charge in [-0.3, -0.25) is 9.59 Å². The first-order valence-electron chi connectivity index (χ1n) is 7.85. The van der Waals surface area contributed by atoms with Crippen molar-refractivity contribution in [1.29, 1.82) is 0 Å². The molecule has 2 aromatic rings. The van der Waals surface area contributed by atoms with E-state index < -0.39 is 26.9 Å². The number of amides is 2. The number of carbonyl (C=O) groups excluding carboxylic acids is 2. The van der Waals surface area contributed by atoms with E-state index in [2.05, 4.69) is 10.6 Å². The summed E-state index contributed by atoms with van der Waals surface area (Å²) >= 11 is 0. The Hall–Kier alpha value is -2.61. The molecule has 0 aliphatic carbocycles. The summed E-state index contributed by atoms with van der Waals surface area (Å²) in [4.78, 5) is 23.6. The summed E-state index contributed by atoms with van der Waals surface area (Å²) < 4.78 is 31.0. The highest BCUT2D eigenvalue weighted by Gasteiger charge is 2.32. The molecule has 0 aliphatic rings. The largest absolute Gasteiger partial charge is 0.468 e. The Bertz CT molecular complexity index is 801. The summed E-state index contributed by atoms with van der Waals surface area (Å²) in [5.74, 6) is -1.48. The summed E-state index contributed by atoms with van der Waals surface area (Å²) in [6.45, 7) is 1.96. The average Bonchev–Trinajstić information content (AvgIpc) is 3.14.